The SMILES string of the molecule is CC(C)SCCOc1cccc(CN)c1. The van der Waals surface area contributed by atoms with Gasteiger partial charge in [0.15, 0.2) is 0 Å². The molecule has 0 aliphatic heterocycles. The summed E-state index contributed by atoms with van der Waals surface area (Å²) in [6.45, 7) is 5.72. The summed E-state index contributed by atoms with van der Waals surface area (Å²) in [5, 5.41) is 0.670. The van der Waals surface area contributed by atoms with Crippen LogP contribution in [-0.2, 0) is 6.54 Å². The van der Waals surface area contributed by atoms with Crippen molar-refractivity contribution in [3.8, 4) is 5.75 Å². The van der Waals surface area contributed by atoms with E-state index in [0.717, 1.165) is 23.7 Å². The molecule has 0 atom stereocenters. The third kappa shape index (κ3) is 5.09. The standard InChI is InChI=1S/C12H19NOS/c1-10(2)15-7-6-14-12-5-3-4-11(8-12)9-13/h3-5,8,10H,6-7,9,13H2,1-2H3. The lowest BCUT2D eigenvalue weighted by Crippen LogP contribution is -2.03. The first-order chi connectivity index (χ1) is 7.22. The van der Waals surface area contributed by atoms with Crippen LogP contribution >= 0.6 is 11.8 Å². The maximum atomic E-state index is 5.62. The molecule has 0 aliphatic carbocycles. The zero-order valence-electron chi connectivity index (χ0n) is 9.40. The quantitative estimate of drug-likeness (QED) is 0.756. The van der Waals surface area contributed by atoms with E-state index in [2.05, 4.69) is 13.8 Å². The first-order valence-electron chi connectivity index (χ1n) is 5.26. The zero-order chi connectivity index (χ0) is 11.1. The van der Waals surface area contributed by atoms with Crippen molar-refractivity contribution in [3.05, 3.63) is 29.8 Å². The Balaban J connectivity index is 2.30. The van der Waals surface area contributed by atoms with Gasteiger partial charge in [0.2, 0.25) is 0 Å². The summed E-state index contributed by atoms with van der Waals surface area (Å²) in [4.78, 5) is 0. The van der Waals surface area contributed by atoms with Crippen LogP contribution in [0.15, 0.2) is 24.3 Å². The smallest absolute Gasteiger partial charge is 0.119 e. The average molecular weight is 225 g/mol. The van der Waals surface area contributed by atoms with E-state index in [1.807, 2.05) is 36.0 Å². The molecule has 84 valence electrons. The minimum Gasteiger partial charge on any atom is -0.493 e. The number of rotatable bonds is 6. The molecule has 0 heterocycles. The highest BCUT2D eigenvalue weighted by molar-refractivity contribution is 7.99. The summed E-state index contributed by atoms with van der Waals surface area (Å²) in [7, 11) is 0. The lowest BCUT2D eigenvalue weighted by Gasteiger charge is -2.08. The maximum Gasteiger partial charge on any atom is 0.119 e. The van der Waals surface area contributed by atoms with Gasteiger partial charge in [-0.15, -0.1) is 0 Å². The van der Waals surface area contributed by atoms with Gasteiger partial charge in [0.1, 0.15) is 5.75 Å². The minimum atomic E-state index is 0.567. The van der Waals surface area contributed by atoms with Crippen LogP contribution in [0.2, 0.25) is 0 Å². The van der Waals surface area contributed by atoms with E-state index in [1.165, 1.54) is 0 Å². The highest BCUT2D eigenvalue weighted by atomic mass is 32.2. The van der Waals surface area contributed by atoms with Crippen LogP contribution in [-0.4, -0.2) is 17.6 Å². The Hall–Kier alpha value is -0.670. The van der Waals surface area contributed by atoms with E-state index >= 15 is 0 Å². The summed E-state index contributed by atoms with van der Waals surface area (Å²) in [5.74, 6) is 1.95. The molecule has 2 nitrogen and oxygen atoms in total. The second-order valence-electron chi connectivity index (χ2n) is 3.62. The van der Waals surface area contributed by atoms with Crippen molar-refractivity contribution in [2.45, 2.75) is 25.6 Å². The summed E-state index contributed by atoms with van der Waals surface area (Å²) in [6, 6.07) is 7.96. The normalized spacial score (nSPS) is 10.7. The second-order valence-corrected chi connectivity index (χ2v) is 5.30. The molecule has 0 aliphatic rings. The fourth-order valence-electron chi connectivity index (χ4n) is 1.21. The van der Waals surface area contributed by atoms with Gasteiger partial charge in [-0.2, -0.15) is 11.8 Å². The first-order valence-corrected chi connectivity index (χ1v) is 6.30. The molecule has 0 radical (unpaired) electrons. The monoisotopic (exact) mass is 225 g/mol. The van der Waals surface area contributed by atoms with Gasteiger partial charge in [-0.3, -0.25) is 0 Å². The van der Waals surface area contributed by atoms with Gasteiger partial charge in [-0.25, -0.2) is 0 Å². The van der Waals surface area contributed by atoms with Gasteiger partial charge in [0.25, 0.3) is 0 Å². The summed E-state index contributed by atoms with van der Waals surface area (Å²) in [6.07, 6.45) is 0. The van der Waals surface area contributed by atoms with Crippen LogP contribution in [0.4, 0.5) is 0 Å². The summed E-state index contributed by atoms with van der Waals surface area (Å²) < 4.78 is 5.62. The molecule has 0 saturated heterocycles. The largest absolute Gasteiger partial charge is 0.493 e. The molecular formula is C12H19NOS. The number of thioether (sulfide) groups is 1. The Bertz CT molecular complexity index is 289. The highest BCUT2D eigenvalue weighted by Crippen LogP contribution is 2.14. The van der Waals surface area contributed by atoms with Gasteiger partial charge in [0.05, 0.1) is 6.61 Å². The predicted octanol–water partition coefficient (Wildman–Crippen LogP) is 2.67. The molecule has 1 rings (SSSR count). The molecule has 0 unspecified atom stereocenters. The molecule has 1 aromatic rings. The number of ether oxygens (including phenoxy) is 1. The predicted molar refractivity (Wildman–Crippen MR) is 67.4 cm³/mol. The molecule has 3 heteroatoms. The third-order valence-electron chi connectivity index (χ3n) is 1.94. The molecule has 0 saturated carbocycles. The minimum absolute atomic E-state index is 0.567. The first kappa shape index (κ1) is 12.4. The Kier molecular flexibility index (Phi) is 5.58. The van der Waals surface area contributed by atoms with E-state index in [4.69, 9.17) is 10.5 Å². The zero-order valence-corrected chi connectivity index (χ0v) is 10.2. The Morgan fingerprint density at radius 1 is 1.40 bits per heavy atom. The second kappa shape index (κ2) is 6.75. The lowest BCUT2D eigenvalue weighted by molar-refractivity contribution is 0.343. The van der Waals surface area contributed by atoms with Crippen LogP contribution in [0.1, 0.15) is 19.4 Å². The molecule has 0 fully saturated rings. The molecule has 0 amide bonds. The van der Waals surface area contributed by atoms with E-state index in [9.17, 15) is 0 Å². The van der Waals surface area contributed by atoms with Crippen molar-refractivity contribution in [2.24, 2.45) is 5.73 Å². The van der Waals surface area contributed by atoms with Crippen molar-refractivity contribution >= 4 is 11.8 Å². The van der Waals surface area contributed by atoms with Crippen LogP contribution in [0.25, 0.3) is 0 Å². The Morgan fingerprint density at radius 2 is 2.20 bits per heavy atom. The van der Waals surface area contributed by atoms with Crippen LogP contribution in [0.3, 0.4) is 0 Å². The molecule has 2 N–H and O–H groups in total. The topological polar surface area (TPSA) is 35.2 Å². The molecular weight excluding hydrogens is 206 g/mol. The number of hydrogen-bond acceptors (Lipinski definition) is 3. The summed E-state index contributed by atoms with van der Waals surface area (Å²) >= 11 is 1.91. The van der Waals surface area contributed by atoms with Crippen molar-refractivity contribution in [3.63, 3.8) is 0 Å². The van der Waals surface area contributed by atoms with E-state index in [1.54, 1.807) is 0 Å². The fraction of sp³-hybridized carbons (Fsp3) is 0.500. The van der Waals surface area contributed by atoms with Crippen molar-refractivity contribution < 1.29 is 4.74 Å². The number of hydrogen-bond donors (Lipinski definition) is 1. The molecule has 15 heavy (non-hydrogen) atoms. The fourth-order valence-corrected chi connectivity index (χ4v) is 1.86. The van der Waals surface area contributed by atoms with Gasteiger partial charge in [-0.1, -0.05) is 26.0 Å². The van der Waals surface area contributed by atoms with Crippen molar-refractivity contribution in [1.29, 1.82) is 0 Å². The number of benzene rings is 1. The van der Waals surface area contributed by atoms with E-state index < -0.39 is 0 Å². The van der Waals surface area contributed by atoms with Crippen LogP contribution in [0, 0.1) is 0 Å². The van der Waals surface area contributed by atoms with Crippen LogP contribution < -0.4 is 10.5 Å². The van der Waals surface area contributed by atoms with Crippen molar-refractivity contribution in [1.82, 2.24) is 0 Å². The van der Waals surface area contributed by atoms with E-state index in [0.29, 0.717) is 11.8 Å². The van der Waals surface area contributed by atoms with Gasteiger partial charge in [-0.05, 0) is 22.9 Å². The Morgan fingerprint density at radius 3 is 2.87 bits per heavy atom. The van der Waals surface area contributed by atoms with Crippen molar-refractivity contribution in [2.75, 3.05) is 12.4 Å². The highest BCUT2D eigenvalue weighted by Gasteiger charge is 1.97. The average Bonchev–Trinajstić information content (AvgIpc) is 2.24. The third-order valence-corrected chi connectivity index (χ3v) is 3.01. The molecule has 0 bridgehead atoms. The maximum absolute atomic E-state index is 5.62. The number of nitrogens with two attached hydrogens (primary N) is 1. The molecule has 0 aromatic heterocycles. The van der Waals surface area contributed by atoms with Gasteiger partial charge < -0.3 is 10.5 Å². The lowest BCUT2D eigenvalue weighted by atomic mass is 10.2. The van der Waals surface area contributed by atoms with E-state index in [-0.39, 0.29) is 0 Å². The van der Waals surface area contributed by atoms with Crippen LogP contribution in [0.5, 0.6) is 5.75 Å². The summed E-state index contributed by atoms with van der Waals surface area (Å²) in [5.41, 5.74) is 6.67. The van der Waals surface area contributed by atoms with Gasteiger partial charge in [0, 0.05) is 12.3 Å². The molecule has 1 aromatic carbocycles. The molecule has 0 spiro atoms. The Labute approximate surface area is 96.2 Å². The van der Waals surface area contributed by atoms with Gasteiger partial charge >= 0.3 is 0 Å².